The van der Waals surface area contributed by atoms with Crippen LogP contribution in [0.1, 0.15) is 61.7 Å². The fourth-order valence-electron chi connectivity index (χ4n) is 3.78. The van der Waals surface area contributed by atoms with Crippen molar-refractivity contribution in [3.8, 4) is 0 Å². The minimum atomic E-state index is 0.119. The average molecular weight is 285 g/mol. The molecule has 1 atom stereocenters. The largest absolute Gasteiger partial charge is 0.336 e. The molecule has 1 aromatic rings. The minimum Gasteiger partial charge on any atom is -0.336 e. The number of Topliss-reactive ketones (excluding diaryl/α,β-unsaturated/α-hetero) is 1. The molecule has 1 aliphatic carbocycles. The van der Waals surface area contributed by atoms with E-state index in [0.29, 0.717) is 18.9 Å². The van der Waals surface area contributed by atoms with Gasteiger partial charge >= 0.3 is 0 Å². The predicted molar refractivity (Wildman–Crippen MR) is 82.1 cm³/mol. The van der Waals surface area contributed by atoms with Gasteiger partial charge in [0.1, 0.15) is 0 Å². The monoisotopic (exact) mass is 285 g/mol. The molecule has 21 heavy (non-hydrogen) atoms. The number of likely N-dealkylation sites (tertiary alicyclic amines) is 1. The minimum absolute atomic E-state index is 0.119. The first-order valence-electron chi connectivity index (χ1n) is 8.15. The van der Waals surface area contributed by atoms with Crippen molar-refractivity contribution in [2.75, 3.05) is 0 Å². The lowest BCUT2D eigenvalue weighted by Crippen LogP contribution is -2.43. The molecule has 0 spiro atoms. The number of amides is 1. The zero-order valence-corrected chi connectivity index (χ0v) is 12.5. The van der Waals surface area contributed by atoms with Gasteiger partial charge in [-0.05, 0) is 19.3 Å². The summed E-state index contributed by atoms with van der Waals surface area (Å²) in [5.41, 5.74) is 0.764. The fourth-order valence-corrected chi connectivity index (χ4v) is 3.78. The molecule has 3 nitrogen and oxygen atoms in total. The summed E-state index contributed by atoms with van der Waals surface area (Å²) in [5.74, 6) is 0.420. The second-order valence-electron chi connectivity index (χ2n) is 6.28. The van der Waals surface area contributed by atoms with Gasteiger partial charge in [0.05, 0.1) is 0 Å². The zero-order chi connectivity index (χ0) is 14.7. The van der Waals surface area contributed by atoms with E-state index in [1.54, 1.807) is 0 Å². The number of rotatable bonds is 4. The summed E-state index contributed by atoms with van der Waals surface area (Å²) in [6, 6.07) is 9.94. The van der Waals surface area contributed by atoms with Crippen molar-refractivity contribution in [2.45, 2.75) is 63.5 Å². The summed E-state index contributed by atoms with van der Waals surface area (Å²) in [4.78, 5) is 26.7. The molecule has 2 fully saturated rings. The highest BCUT2D eigenvalue weighted by Crippen LogP contribution is 2.31. The van der Waals surface area contributed by atoms with Gasteiger partial charge in [-0.25, -0.2) is 0 Å². The Labute approximate surface area is 126 Å². The Morgan fingerprint density at radius 1 is 1.05 bits per heavy atom. The molecule has 0 bridgehead atoms. The highest BCUT2D eigenvalue weighted by atomic mass is 16.2. The molecule has 1 saturated carbocycles. The molecular formula is C18H23NO2. The van der Waals surface area contributed by atoms with Crippen LogP contribution in [0.3, 0.4) is 0 Å². The fraction of sp³-hybridized carbons (Fsp3) is 0.556. The van der Waals surface area contributed by atoms with Crippen molar-refractivity contribution in [3.63, 3.8) is 0 Å². The SMILES string of the molecule is O=C(CC1CCC(=O)N1C1CCCCC1)c1ccccc1. The molecule has 3 heteroatoms. The maximum Gasteiger partial charge on any atom is 0.223 e. The lowest BCUT2D eigenvalue weighted by Gasteiger charge is -2.35. The van der Waals surface area contributed by atoms with Crippen LogP contribution in [0.5, 0.6) is 0 Å². The highest BCUT2D eigenvalue weighted by molar-refractivity contribution is 5.97. The molecule has 2 aliphatic rings. The molecule has 3 rings (SSSR count). The van der Waals surface area contributed by atoms with Crippen molar-refractivity contribution in [1.29, 1.82) is 0 Å². The van der Waals surface area contributed by atoms with Crippen molar-refractivity contribution in [2.24, 2.45) is 0 Å². The number of carbonyl (C=O) groups is 2. The van der Waals surface area contributed by atoms with Gasteiger partial charge in [0.2, 0.25) is 5.91 Å². The van der Waals surface area contributed by atoms with E-state index in [0.717, 1.165) is 24.8 Å². The Balaban J connectivity index is 1.68. The maximum absolute atomic E-state index is 12.4. The standard InChI is InChI=1S/C18H23NO2/c20-17(14-7-3-1-4-8-14)13-16-11-12-18(21)19(16)15-9-5-2-6-10-15/h1,3-4,7-8,15-16H,2,5-6,9-13H2. The zero-order valence-electron chi connectivity index (χ0n) is 12.5. The van der Waals surface area contributed by atoms with Crippen molar-refractivity contribution in [1.82, 2.24) is 4.90 Å². The molecule has 112 valence electrons. The highest BCUT2D eigenvalue weighted by Gasteiger charge is 2.37. The first kappa shape index (κ1) is 14.3. The van der Waals surface area contributed by atoms with Crippen LogP contribution in [0.2, 0.25) is 0 Å². The van der Waals surface area contributed by atoms with E-state index >= 15 is 0 Å². The summed E-state index contributed by atoms with van der Waals surface area (Å²) in [5, 5.41) is 0. The predicted octanol–water partition coefficient (Wildman–Crippen LogP) is 3.58. The van der Waals surface area contributed by atoms with E-state index in [9.17, 15) is 9.59 Å². The Morgan fingerprint density at radius 2 is 1.76 bits per heavy atom. The van der Waals surface area contributed by atoms with E-state index < -0.39 is 0 Å². The van der Waals surface area contributed by atoms with E-state index in [-0.39, 0.29) is 17.7 Å². The molecule has 0 aromatic heterocycles. The van der Waals surface area contributed by atoms with Crippen LogP contribution in [0.15, 0.2) is 30.3 Å². The van der Waals surface area contributed by atoms with Gasteiger partial charge in [-0.3, -0.25) is 9.59 Å². The first-order valence-corrected chi connectivity index (χ1v) is 8.15. The third-order valence-electron chi connectivity index (χ3n) is 4.86. The van der Waals surface area contributed by atoms with Gasteiger partial charge in [-0.1, -0.05) is 49.6 Å². The number of nitrogens with zero attached hydrogens (tertiary/aromatic N) is 1. The average Bonchev–Trinajstić information content (AvgIpc) is 2.89. The topological polar surface area (TPSA) is 37.4 Å². The molecule has 0 N–H and O–H groups in total. The molecular weight excluding hydrogens is 262 g/mol. The second-order valence-corrected chi connectivity index (χ2v) is 6.28. The number of carbonyl (C=O) groups excluding carboxylic acids is 2. The van der Waals surface area contributed by atoms with Crippen molar-refractivity contribution >= 4 is 11.7 Å². The van der Waals surface area contributed by atoms with Gasteiger partial charge in [-0.15, -0.1) is 0 Å². The Bertz CT molecular complexity index is 505. The van der Waals surface area contributed by atoms with Gasteiger partial charge in [0, 0.05) is 30.5 Å². The summed E-state index contributed by atoms with van der Waals surface area (Å²) in [7, 11) is 0. The number of benzene rings is 1. The number of hydrogen-bond acceptors (Lipinski definition) is 2. The normalized spacial score (nSPS) is 23.5. The van der Waals surface area contributed by atoms with Crippen LogP contribution >= 0.6 is 0 Å². The third kappa shape index (κ3) is 3.17. The molecule has 1 aliphatic heterocycles. The van der Waals surface area contributed by atoms with Crippen molar-refractivity contribution < 1.29 is 9.59 Å². The van der Waals surface area contributed by atoms with Crippen LogP contribution in [-0.2, 0) is 4.79 Å². The van der Waals surface area contributed by atoms with E-state index in [2.05, 4.69) is 4.90 Å². The first-order chi connectivity index (χ1) is 10.3. The summed E-state index contributed by atoms with van der Waals surface area (Å²) in [6.07, 6.45) is 7.88. The Kier molecular flexibility index (Phi) is 4.37. The molecule has 0 radical (unpaired) electrons. The lowest BCUT2D eigenvalue weighted by atomic mass is 9.92. The summed E-state index contributed by atoms with van der Waals surface area (Å²) in [6.45, 7) is 0. The Hall–Kier alpha value is -1.64. The van der Waals surface area contributed by atoms with E-state index in [1.165, 1.54) is 19.3 Å². The number of ketones is 1. The van der Waals surface area contributed by atoms with Gasteiger partial charge in [0.15, 0.2) is 5.78 Å². The molecule has 1 saturated heterocycles. The van der Waals surface area contributed by atoms with E-state index in [1.807, 2.05) is 30.3 Å². The summed E-state index contributed by atoms with van der Waals surface area (Å²) < 4.78 is 0. The van der Waals surface area contributed by atoms with Crippen LogP contribution in [0.25, 0.3) is 0 Å². The van der Waals surface area contributed by atoms with Gasteiger partial charge < -0.3 is 4.90 Å². The third-order valence-corrected chi connectivity index (χ3v) is 4.86. The van der Waals surface area contributed by atoms with Gasteiger partial charge in [0.25, 0.3) is 0 Å². The maximum atomic E-state index is 12.4. The second kappa shape index (κ2) is 6.42. The van der Waals surface area contributed by atoms with Crippen LogP contribution in [0, 0.1) is 0 Å². The molecule has 1 aromatic carbocycles. The molecule has 1 amide bonds. The quantitative estimate of drug-likeness (QED) is 0.793. The van der Waals surface area contributed by atoms with Crippen molar-refractivity contribution in [3.05, 3.63) is 35.9 Å². The van der Waals surface area contributed by atoms with E-state index in [4.69, 9.17) is 0 Å². The van der Waals surface area contributed by atoms with Crippen LogP contribution in [0.4, 0.5) is 0 Å². The van der Waals surface area contributed by atoms with Crippen LogP contribution < -0.4 is 0 Å². The molecule has 1 unspecified atom stereocenters. The van der Waals surface area contributed by atoms with Crippen LogP contribution in [-0.4, -0.2) is 28.7 Å². The Morgan fingerprint density at radius 3 is 2.48 bits per heavy atom. The van der Waals surface area contributed by atoms with Gasteiger partial charge in [-0.2, -0.15) is 0 Å². The lowest BCUT2D eigenvalue weighted by molar-refractivity contribution is -0.131. The smallest absolute Gasteiger partial charge is 0.223 e. The molecule has 1 heterocycles. The summed E-state index contributed by atoms with van der Waals surface area (Å²) >= 11 is 0. The number of hydrogen-bond donors (Lipinski definition) is 0.